The highest BCUT2D eigenvalue weighted by molar-refractivity contribution is 8.01. The Morgan fingerprint density at radius 1 is 1.06 bits per heavy atom. The number of ether oxygens (including phenoxy) is 1. The molecule has 2 aromatic heterocycles. The van der Waals surface area contributed by atoms with Crippen molar-refractivity contribution in [3.8, 4) is 5.75 Å². The zero-order chi connectivity index (χ0) is 26.6. The minimum atomic E-state index is -1.67. The van der Waals surface area contributed by atoms with Crippen molar-refractivity contribution in [1.29, 1.82) is 0 Å². The molecule has 4 rings (SSSR count). The summed E-state index contributed by atoms with van der Waals surface area (Å²) in [6, 6.07) is 7.53. The van der Waals surface area contributed by atoms with Gasteiger partial charge in [-0.2, -0.15) is 10.1 Å². The van der Waals surface area contributed by atoms with E-state index in [1.807, 2.05) is 24.3 Å². The predicted octanol–water partition coefficient (Wildman–Crippen LogP) is 5.52. The summed E-state index contributed by atoms with van der Waals surface area (Å²) in [6.07, 6.45) is -2.68. The molecule has 0 spiro atoms. The summed E-state index contributed by atoms with van der Waals surface area (Å²) in [4.78, 5) is 32.6. The smallest absolute Gasteiger partial charge is 0.424 e. The first-order valence-electron chi connectivity index (χ1n) is 11.5. The third-order valence-electron chi connectivity index (χ3n) is 6.80. The Hall–Kier alpha value is -3.34. The number of thioether (sulfide) groups is 1. The van der Waals surface area contributed by atoms with Gasteiger partial charge in [0.25, 0.3) is 0 Å². The van der Waals surface area contributed by atoms with Crippen LogP contribution in [0.3, 0.4) is 0 Å². The number of hydrogen-bond acceptors (Lipinski definition) is 7. The number of carbonyl (C=O) groups is 2. The number of anilines is 1. The molecule has 0 saturated carbocycles. The van der Waals surface area contributed by atoms with Crippen LogP contribution in [-0.4, -0.2) is 54.0 Å². The van der Waals surface area contributed by atoms with Gasteiger partial charge in [0.05, 0.1) is 24.7 Å². The van der Waals surface area contributed by atoms with Crippen LogP contribution in [-0.2, 0) is 13.0 Å². The highest BCUT2D eigenvalue weighted by atomic mass is 32.2. The maximum Gasteiger partial charge on any atom is 0.424 e. The molecular weight excluding hydrogens is 482 g/mol. The Balaban J connectivity index is 1.96. The first-order valence-corrected chi connectivity index (χ1v) is 12.4. The molecule has 192 valence electrons. The third-order valence-corrected chi connectivity index (χ3v) is 9.01. The zero-order valence-electron chi connectivity index (χ0n) is 21.5. The van der Waals surface area contributed by atoms with Gasteiger partial charge in [-0.25, -0.2) is 19.3 Å². The molecule has 0 unspecified atom stereocenters. The van der Waals surface area contributed by atoms with Gasteiger partial charge in [-0.05, 0) is 28.5 Å². The molecule has 2 N–H and O–H groups in total. The van der Waals surface area contributed by atoms with Crippen LogP contribution in [0.1, 0.15) is 52.8 Å². The lowest BCUT2D eigenvalue weighted by Gasteiger charge is -2.54. The molecule has 1 aromatic carbocycles. The lowest BCUT2D eigenvalue weighted by atomic mass is 9.63. The van der Waals surface area contributed by atoms with Crippen LogP contribution >= 0.6 is 11.8 Å². The minimum Gasteiger partial charge on any atom is -0.497 e. The summed E-state index contributed by atoms with van der Waals surface area (Å²) >= 11 is 1.56. The van der Waals surface area contributed by atoms with Crippen LogP contribution in [0.25, 0.3) is 11.0 Å². The zero-order valence-corrected chi connectivity index (χ0v) is 22.3. The summed E-state index contributed by atoms with van der Waals surface area (Å²) in [5.74, 6) is 0.315. The van der Waals surface area contributed by atoms with E-state index in [-0.39, 0.29) is 20.5 Å². The number of rotatable bonds is 4. The van der Waals surface area contributed by atoms with Gasteiger partial charge in [0.15, 0.2) is 5.65 Å². The Labute approximate surface area is 213 Å². The number of carboxylic acid groups (broad SMARTS) is 2. The molecule has 2 amide bonds. The molecule has 3 aromatic rings. The highest BCUT2D eigenvalue weighted by Crippen LogP contribution is 2.60. The van der Waals surface area contributed by atoms with Crippen LogP contribution in [0, 0.1) is 10.8 Å². The van der Waals surface area contributed by atoms with Gasteiger partial charge in [-0.15, -0.1) is 4.90 Å². The van der Waals surface area contributed by atoms with Gasteiger partial charge >= 0.3 is 12.2 Å². The fraction of sp³-hybridized carbons (Fsp3) is 0.480. The van der Waals surface area contributed by atoms with E-state index in [9.17, 15) is 19.8 Å². The Kier molecular flexibility index (Phi) is 6.19. The van der Waals surface area contributed by atoms with Gasteiger partial charge in [-0.3, -0.25) is 0 Å². The van der Waals surface area contributed by atoms with Crippen LogP contribution in [0.4, 0.5) is 15.5 Å². The predicted molar refractivity (Wildman–Crippen MR) is 137 cm³/mol. The van der Waals surface area contributed by atoms with Gasteiger partial charge in [0, 0.05) is 11.2 Å². The summed E-state index contributed by atoms with van der Waals surface area (Å²) in [6.45, 7) is 13.4. The Morgan fingerprint density at radius 3 is 2.14 bits per heavy atom. The van der Waals surface area contributed by atoms with Crippen LogP contribution in [0.2, 0.25) is 0 Å². The third kappa shape index (κ3) is 4.15. The van der Waals surface area contributed by atoms with E-state index in [4.69, 9.17) is 9.84 Å². The van der Waals surface area contributed by atoms with E-state index < -0.39 is 18.1 Å². The van der Waals surface area contributed by atoms with Gasteiger partial charge in [0.1, 0.15) is 10.8 Å². The molecule has 0 bridgehead atoms. The lowest BCUT2D eigenvalue weighted by molar-refractivity contribution is 0.138. The molecule has 0 radical (unpaired) electrons. The summed E-state index contributed by atoms with van der Waals surface area (Å²) in [5.41, 5.74) is 1.78. The lowest BCUT2D eigenvalue weighted by Crippen LogP contribution is -2.53. The second-order valence-electron chi connectivity index (χ2n) is 11.0. The number of hydrogen-bond donors (Lipinski definition) is 2. The molecule has 3 heterocycles. The summed E-state index contributed by atoms with van der Waals surface area (Å²) in [7, 11) is 1.60. The number of imide groups is 1. The second-order valence-corrected chi connectivity index (χ2v) is 12.3. The van der Waals surface area contributed by atoms with E-state index in [0.717, 1.165) is 22.4 Å². The van der Waals surface area contributed by atoms with Crippen molar-refractivity contribution in [3.63, 3.8) is 0 Å². The fourth-order valence-electron chi connectivity index (χ4n) is 5.06. The van der Waals surface area contributed by atoms with Gasteiger partial charge in [0.2, 0.25) is 5.95 Å². The standard InChI is InChI=1S/C25H31N5O5S/c1-23(2,3)25(24(4,5)6)12-16-17-18(29(28-16)13-14-8-10-15(35-7)11-9-14)26-20(27-19(17)36-25)30(21(31)32)22(33)34/h8-11H,12-13H2,1-7H3,(H,31,32)(H,33,34). The second kappa shape index (κ2) is 8.65. The largest absolute Gasteiger partial charge is 0.497 e. The number of amides is 2. The maximum atomic E-state index is 11.8. The van der Waals surface area contributed by atoms with E-state index >= 15 is 0 Å². The van der Waals surface area contributed by atoms with Crippen LogP contribution in [0.15, 0.2) is 29.3 Å². The molecule has 0 aliphatic carbocycles. The van der Waals surface area contributed by atoms with Crippen molar-refractivity contribution in [2.45, 2.75) is 64.3 Å². The minimum absolute atomic E-state index is 0.144. The molecule has 0 fully saturated rings. The van der Waals surface area contributed by atoms with Crippen molar-refractivity contribution in [2.24, 2.45) is 10.8 Å². The number of methoxy groups -OCH3 is 1. The average Bonchev–Trinajstić information content (AvgIpc) is 3.10. The van der Waals surface area contributed by atoms with Crippen LogP contribution < -0.4 is 9.64 Å². The Morgan fingerprint density at radius 2 is 1.64 bits per heavy atom. The quantitative estimate of drug-likeness (QED) is 0.433. The van der Waals surface area contributed by atoms with Crippen molar-refractivity contribution >= 4 is 40.9 Å². The van der Waals surface area contributed by atoms with E-state index in [1.165, 1.54) is 0 Å². The maximum absolute atomic E-state index is 11.8. The molecule has 36 heavy (non-hydrogen) atoms. The number of aromatic nitrogens is 4. The molecule has 11 heteroatoms. The summed E-state index contributed by atoms with van der Waals surface area (Å²) < 4.78 is 6.59. The van der Waals surface area contributed by atoms with E-state index in [0.29, 0.717) is 23.6 Å². The Bertz CT molecular complexity index is 1310. The first kappa shape index (κ1) is 25.7. The number of nitrogens with zero attached hydrogens (tertiary/aromatic N) is 5. The molecule has 10 nitrogen and oxygen atoms in total. The average molecular weight is 514 g/mol. The van der Waals surface area contributed by atoms with Crippen molar-refractivity contribution in [1.82, 2.24) is 19.7 Å². The normalized spacial score (nSPS) is 15.1. The van der Waals surface area contributed by atoms with Gasteiger partial charge < -0.3 is 14.9 Å². The highest BCUT2D eigenvalue weighted by Gasteiger charge is 2.54. The van der Waals surface area contributed by atoms with Crippen molar-refractivity contribution in [3.05, 3.63) is 35.5 Å². The molecule has 0 saturated heterocycles. The van der Waals surface area contributed by atoms with Crippen molar-refractivity contribution < 1.29 is 24.5 Å². The molecule has 1 aliphatic heterocycles. The molecule has 0 atom stereocenters. The molecule has 1 aliphatic rings. The number of benzene rings is 1. The SMILES string of the molecule is COc1ccc(Cn2nc3c4c(nc(N(C(=O)O)C(=O)O)nc42)SC(C(C)(C)C)(C(C)(C)C)C3)cc1. The fourth-order valence-corrected chi connectivity index (χ4v) is 6.65. The van der Waals surface area contributed by atoms with E-state index in [1.54, 1.807) is 23.6 Å². The first-order chi connectivity index (χ1) is 16.7. The van der Waals surface area contributed by atoms with Crippen LogP contribution in [0.5, 0.6) is 5.75 Å². The van der Waals surface area contributed by atoms with Gasteiger partial charge in [-0.1, -0.05) is 65.4 Å². The van der Waals surface area contributed by atoms with Crippen molar-refractivity contribution in [2.75, 3.05) is 12.0 Å². The summed E-state index contributed by atoms with van der Waals surface area (Å²) in [5, 5.41) is 25.4. The monoisotopic (exact) mass is 513 g/mol. The topological polar surface area (TPSA) is 131 Å². The van der Waals surface area contributed by atoms with E-state index in [2.05, 4.69) is 51.5 Å². The molecular formula is C25H31N5O5S.